The van der Waals surface area contributed by atoms with Crippen LogP contribution in [-0.2, 0) is 11.3 Å². The number of aryl methyl sites for hydroxylation is 3. The molecule has 2 amide bonds. The van der Waals surface area contributed by atoms with E-state index in [1.165, 1.54) is 24.3 Å². The second-order valence-electron chi connectivity index (χ2n) is 8.63. The standard InChI is InChI=1S/C26H28FN5O3/c1-18-3-6-21(17-19(18)2)28-26(35)23-9-10-25(34)32(29-23)12-11-24(33)31-15-13-30(14-16-31)22-7-4-20(27)5-8-22/h3-10,17H,11-16H2,1-2H3,(H,28,35). The summed E-state index contributed by atoms with van der Waals surface area (Å²) in [6, 6.07) is 14.6. The van der Waals surface area contributed by atoms with Crippen molar-refractivity contribution < 1.29 is 14.0 Å². The number of anilines is 2. The molecular weight excluding hydrogens is 449 g/mol. The summed E-state index contributed by atoms with van der Waals surface area (Å²) < 4.78 is 14.3. The number of hydrogen-bond acceptors (Lipinski definition) is 5. The smallest absolute Gasteiger partial charge is 0.276 e. The Bertz CT molecular complexity index is 1280. The van der Waals surface area contributed by atoms with Gasteiger partial charge in [-0.2, -0.15) is 5.10 Å². The number of amides is 2. The molecule has 0 bridgehead atoms. The van der Waals surface area contributed by atoms with Crippen molar-refractivity contribution in [2.75, 3.05) is 36.4 Å². The number of rotatable bonds is 6. The average molecular weight is 478 g/mol. The van der Waals surface area contributed by atoms with Gasteiger partial charge in [0.05, 0.1) is 6.54 Å². The second-order valence-corrected chi connectivity index (χ2v) is 8.63. The Morgan fingerprint density at radius 3 is 2.34 bits per heavy atom. The second kappa shape index (κ2) is 10.5. The lowest BCUT2D eigenvalue weighted by Crippen LogP contribution is -2.49. The van der Waals surface area contributed by atoms with Crippen molar-refractivity contribution in [1.82, 2.24) is 14.7 Å². The molecule has 1 fully saturated rings. The number of nitrogens with one attached hydrogen (secondary N) is 1. The molecule has 0 saturated carbocycles. The van der Waals surface area contributed by atoms with Gasteiger partial charge in [-0.1, -0.05) is 6.07 Å². The maximum atomic E-state index is 13.1. The zero-order chi connectivity index (χ0) is 24.9. The van der Waals surface area contributed by atoms with Crippen LogP contribution in [0.4, 0.5) is 15.8 Å². The Labute approximate surface area is 203 Å². The van der Waals surface area contributed by atoms with Crippen molar-refractivity contribution in [3.05, 3.63) is 87.6 Å². The zero-order valence-corrected chi connectivity index (χ0v) is 19.8. The van der Waals surface area contributed by atoms with Gasteiger partial charge in [0.25, 0.3) is 11.5 Å². The van der Waals surface area contributed by atoms with Crippen LogP contribution in [0.25, 0.3) is 0 Å². The van der Waals surface area contributed by atoms with Crippen LogP contribution in [0.15, 0.2) is 59.4 Å². The summed E-state index contributed by atoms with van der Waals surface area (Å²) in [6.45, 7) is 6.40. The van der Waals surface area contributed by atoms with Gasteiger partial charge in [0, 0.05) is 50.0 Å². The molecule has 1 aliphatic heterocycles. The summed E-state index contributed by atoms with van der Waals surface area (Å²) >= 11 is 0. The molecule has 0 unspecified atom stereocenters. The van der Waals surface area contributed by atoms with Crippen molar-refractivity contribution in [3.8, 4) is 0 Å². The van der Waals surface area contributed by atoms with E-state index in [0.717, 1.165) is 21.5 Å². The quantitative estimate of drug-likeness (QED) is 0.590. The first-order chi connectivity index (χ1) is 16.8. The molecule has 1 N–H and O–H groups in total. The number of benzene rings is 2. The molecule has 182 valence electrons. The van der Waals surface area contributed by atoms with Gasteiger partial charge >= 0.3 is 0 Å². The molecule has 35 heavy (non-hydrogen) atoms. The highest BCUT2D eigenvalue weighted by molar-refractivity contribution is 6.02. The number of aromatic nitrogens is 2. The van der Waals surface area contributed by atoms with E-state index in [1.54, 1.807) is 17.0 Å². The lowest BCUT2D eigenvalue weighted by atomic mass is 10.1. The number of hydrogen-bond donors (Lipinski definition) is 1. The predicted octanol–water partition coefficient (Wildman–Crippen LogP) is 2.99. The van der Waals surface area contributed by atoms with Crippen LogP contribution in [0.1, 0.15) is 28.0 Å². The lowest BCUT2D eigenvalue weighted by molar-refractivity contribution is -0.131. The molecule has 4 rings (SSSR count). The zero-order valence-electron chi connectivity index (χ0n) is 19.8. The molecule has 0 atom stereocenters. The van der Waals surface area contributed by atoms with Gasteiger partial charge in [0.15, 0.2) is 0 Å². The maximum Gasteiger partial charge on any atom is 0.276 e. The minimum Gasteiger partial charge on any atom is -0.368 e. The topological polar surface area (TPSA) is 87.5 Å². The van der Waals surface area contributed by atoms with Crippen molar-refractivity contribution in [1.29, 1.82) is 0 Å². The first-order valence-electron chi connectivity index (χ1n) is 11.6. The summed E-state index contributed by atoms with van der Waals surface area (Å²) in [7, 11) is 0. The fraction of sp³-hybridized carbons (Fsp3) is 0.308. The van der Waals surface area contributed by atoms with Gasteiger partial charge in [0.2, 0.25) is 5.91 Å². The Balaban J connectivity index is 1.33. The van der Waals surface area contributed by atoms with E-state index < -0.39 is 5.91 Å². The largest absolute Gasteiger partial charge is 0.368 e. The van der Waals surface area contributed by atoms with Crippen molar-refractivity contribution in [2.24, 2.45) is 0 Å². The molecule has 0 radical (unpaired) electrons. The highest BCUT2D eigenvalue weighted by atomic mass is 19.1. The van der Waals surface area contributed by atoms with E-state index in [2.05, 4.69) is 15.3 Å². The minimum atomic E-state index is -0.426. The van der Waals surface area contributed by atoms with Crippen molar-refractivity contribution in [3.63, 3.8) is 0 Å². The van der Waals surface area contributed by atoms with Crippen LogP contribution < -0.4 is 15.8 Å². The summed E-state index contributed by atoms with van der Waals surface area (Å²) in [5, 5.41) is 6.96. The predicted molar refractivity (Wildman–Crippen MR) is 132 cm³/mol. The Morgan fingerprint density at radius 1 is 0.943 bits per heavy atom. The summed E-state index contributed by atoms with van der Waals surface area (Å²) in [5.41, 5.74) is 3.47. The Kier molecular flexibility index (Phi) is 7.24. The van der Waals surface area contributed by atoms with Gasteiger partial charge in [-0.05, 0) is 67.4 Å². The van der Waals surface area contributed by atoms with Crippen molar-refractivity contribution in [2.45, 2.75) is 26.8 Å². The Hall–Kier alpha value is -4.01. The van der Waals surface area contributed by atoms with Gasteiger partial charge in [-0.3, -0.25) is 14.4 Å². The lowest BCUT2D eigenvalue weighted by Gasteiger charge is -2.36. The molecule has 0 spiro atoms. The third-order valence-corrected chi connectivity index (χ3v) is 6.23. The molecule has 2 heterocycles. The normalized spacial score (nSPS) is 13.6. The third-order valence-electron chi connectivity index (χ3n) is 6.23. The van der Waals surface area contributed by atoms with Crippen LogP contribution in [0.3, 0.4) is 0 Å². The fourth-order valence-corrected chi connectivity index (χ4v) is 3.97. The highest BCUT2D eigenvalue weighted by Gasteiger charge is 2.21. The van der Waals surface area contributed by atoms with Gasteiger partial charge in [0.1, 0.15) is 11.5 Å². The van der Waals surface area contributed by atoms with Crippen molar-refractivity contribution >= 4 is 23.2 Å². The van der Waals surface area contributed by atoms with Gasteiger partial charge < -0.3 is 15.1 Å². The first-order valence-corrected chi connectivity index (χ1v) is 11.6. The van der Waals surface area contributed by atoms with Crippen LogP contribution in [0.5, 0.6) is 0 Å². The third kappa shape index (κ3) is 5.92. The van der Waals surface area contributed by atoms with Crippen LogP contribution >= 0.6 is 0 Å². The Morgan fingerprint density at radius 2 is 1.66 bits per heavy atom. The maximum absolute atomic E-state index is 13.1. The average Bonchev–Trinajstić information content (AvgIpc) is 2.86. The number of carbonyl (C=O) groups is 2. The number of halogens is 1. The molecule has 0 aliphatic carbocycles. The minimum absolute atomic E-state index is 0.0811. The molecule has 3 aromatic rings. The van der Waals surface area contributed by atoms with Crippen LogP contribution in [0, 0.1) is 19.7 Å². The molecule has 1 aliphatic rings. The summed E-state index contributed by atoms with van der Waals surface area (Å²) in [5.74, 6) is -0.786. The SMILES string of the molecule is Cc1ccc(NC(=O)c2ccc(=O)n(CCC(=O)N3CCN(c4ccc(F)cc4)CC3)n2)cc1C. The molecule has 2 aromatic carbocycles. The van der Waals surface area contributed by atoms with Crippen LogP contribution in [-0.4, -0.2) is 52.7 Å². The molecule has 1 aromatic heterocycles. The van der Waals surface area contributed by atoms with E-state index >= 15 is 0 Å². The number of carbonyl (C=O) groups excluding carboxylic acids is 2. The monoisotopic (exact) mass is 477 g/mol. The highest BCUT2D eigenvalue weighted by Crippen LogP contribution is 2.17. The van der Waals surface area contributed by atoms with E-state index in [4.69, 9.17) is 0 Å². The number of piperazine rings is 1. The van der Waals surface area contributed by atoms with Crippen LogP contribution in [0.2, 0.25) is 0 Å². The van der Waals surface area contributed by atoms with E-state index in [1.807, 2.05) is 32.0 Å². The first kappa shape index (κ1) is 24.1. The molecule has 1 saturated heterocycles. The fourth-order valence-electron chi connectivity index (χ4n) is 3.97. The summed E-state index contributed by atoms with van der Waals surface area (Å²) in [4.78, 5) is 41.5. The van der Waals surface area contributed by atoms with E-state index in [9.17, 15) is 18.8 Å². The van der Waals surface area contributed by atoms with Gasteiger partial charge in [-0.25, -0.2) is 9.07 Å². The van der Waals surface area contributed by atoms with Gasteiger partial charge in [-0.15, -0.1) is 0 Å². The van der Waals surface area contributed by atoms with E-state index in [-0.39, 0.29) is 35.9 Å². The molecule has 9 heteroatoms. The summed E-state index contributed by atoms with van der Waals surface area (Å²) in [6.07, 6.45) is 0.103. The van der Waals surface area contributed by atoms with E-state index in [0.29, 0.717) is 31.9 Å². The molecular formula is C26H28FN5O3. The number of nitrogens with zero attached hydrogens (tertiary/aromatic N) is 4. The molecule has 8 nitrogen and oxygen atoms in total.